The lowest BCUT2D eigenvalue weighted by atomic mass is 9.84. The van der Waals surface area contributed by atoms with Gasteiger partial charge in [0.1, 0.15) is 6.04 Å². The van der Waals surface area contributed by atoms with Crippen molar-refractivity contribution in [1.29, 1.82) is 0 Å². The van der Waals surface area contributed by atoms with E-state index in [0.717, 1.165) is 38.0 Å². The summed E-state index contributed by atoms with van der Waals surface area (Å²) in [6, 6.07) is 0.0916. The maximum atomic E-state index is 11.1. The van der Waals surface area contributed by atoms with Crippen LogP contribution in [0.25, 0.3) is 0 Å². The normalized spacial score (nSPS) is 26.7. The fourth-order valence-electron chi connectivity index (χ4n) is 2.71. The Labute approximate surface area is 105 Å². The number of unbranched alkanes of at least 4 members (excludes halogenated alkanes) is 1. The lowest BCUT2D eigenvalue weighted by Crippen LogP contribution is -2.44. The quantitative estimate of drug-likeness (QED) is 0.719. The Kier molecular flexibility index (Phi) is 6.56. The monoisotopic (exact) mass is 241 g/mol. The maximum Gasteiger partial charge on any atom is 0.320 e. The van der Waals surface area contributed by atoms with Crippen LogP contribution in [0.15, 0.2) is 0 Å². The van der Waals surface area contributed by atoms with Crippen molar-refractivity contribution in [3.63, 3.8) is 0 Å². The molecular formula is C14H27NO2. The molecule has 0 aromatic carbocycles. The molecule has 0 bridgehead atoms. The van der Waals surface area contributed by atoms with Crippen LogP contribution in [0.3, 0.4) is 0 Å². The van der Waals surface area contributed by atoms with E-state index in [1.165, 1.54) is 19.3 Å². The first-order valence-corrected chi connectivity index (χ1v) is 7.16. The van der Waals surface area contributed by atoms with Gasteiger partial charge in [-0.2, -0.15) is 0 Å². The van der Waals surface area contributed by atoms with Crippen LogP contribution >= 0.6 is 0 Å². The molecule has 2 N–H and O–H groups in total. The van der Waals surface area contributed by atoms with Crippen molar-refractivity contribution in [2.75, 3.05) is 0 Å². The molecule has 1 saturated carbocycles. The molecule has 1 atom stereocenters. The standard InChI is InChI=1S/C14H27NO2/c1-3-5-6-13(14(16)17)15-12-9-7-11(4-2)8-10-12/h11-13,15H,3-10H2,1-2H3,(H,16,17). The van der Waals surface area contributed by atoms with Crippen LogP contribution in [0.2, 0.25) is 0 Å². The van der Waals surface area contributed by atoms with Crippen LogP contribution in [-0.2, 0) is 4.79 Å². The molecular weight excluding hydrogens is 214 g/mol. The average molecular weight is 241 g/mol. The van der Waals surface area contributed by atoms with Crippen molar-refractivity contribution >= 4 is 5.97 Å². The van der Waals surface area contributed by atoms with Gasteiger partial charge in [0.25, 0.3) is 0 Å². The van der Waals surface area contributed by atoms with Crippen molar-refractivity contribution in [1.82, 2.24) is 5.32 Å². The smallest absolute Gasteiger partial charge is 0.320 e. The van der Waals surface area contributed by atoms with E-state index in [1.807, 2.05) is 0 Å². The highest BCUT2D eigenvalue weighted by Crippen LogP contribution is 2.26. The van der Waals surface area contributed by atoms with Crippen molar-refractivity contribution in [3.8, 4) is 0 Å². The third-order valence-corrected chi connectivity index (χ3v) is 4.01. The molecule has 1 rings (SSSR count). The highest BCUT2D eigenvalue weighted by Gasteiger charge is 2.24. The second kappa shape index (κ2) is 7.70. The molecule has 0 heterocycles. The first-order valence-electron chi connectivity index (χ1n) is 7.16. The van der Waals surface area contributed by atoms with Crippen LogP contribution in [0, 0.1) is 5.92 Å². The van der Waals surface area contributed by atoms with Gasteiger partial charge in [0.15, 0.2) is 0 Å². The lowest BCUT2D eigenvalue weighted by Gasteiger charge is -2.30. The number of hydrogen-bond donors (Lipinski definition) is 2. The minimum atomic E-state index is -0.684. The van der Waals surface area contributed by atoms with E-state index < -0.39 is 5.97 Å². The Balaban J connectivity index is 2.32. The van der Waals surface area contributed by atoms with Gasteiger partial charge in [0, 0.05) is 6.04 Å². The van der Waals surface area contributed by atoms with Crippen LogP contribution in [-0.4, -0.2) is 23.2 Å². The zero-order valence-corrected chi connectivity index (χ0v) is 11.2. The van der Waals surface area contributed by atoms with Crippen molar-refractivity contribution in [2.24, 2.45) is 5.92 Å². The fourth-order valence-corrected chi connectivity index (χ4v) is 2.71. The van der Waals surface area contributed by atoms with Crippen LogP contribution in [0.4, 0.5) is 0 Å². The fraction of sp³-hybridized carbons (Fsp3) is 0.929. The predicted molar refractivity (Wildman–Crippen MR) is 70.1 cm³/mol. The number of carboxylic acid groups (broad SMARTS) is 1. The highest BCUT2D eigenvalue weighted by atomic mass is 16.4. The molecule has 0 radical (unpaired) electrons. The topological polar surface area (TPSA) is 49.3 Å². The van der Waals surface area contributed by atoms with Crippen LogP contribution in [0.1, 0.15) is 65.2 Å². The molecule has 1 fully saturated rings. The molecule has 0 aromatic rings. The van der Waals surface area contributed by atoms with Crippen LogP contribution in [0.5, 0.6) is 0 Å². The number of rotatable bonds is 7. The van der Waals surface area contributed by atoms with E-state index in [-0.39, 0.29) is 6.04 Å². The minimum Gasteiger partial charge on any atom is -0.480 e. The Morgan fingerprint density at radius 3 is 2.41 bits per heavy atom. The van der Waals surface area contributed by atoms with E-state index in [2.05, 4.69) is 19.2 Å². The molecule has 0 spiro atoms. The molecule has 0 aliphatic heterocycles. The average Bonchev–Trinajstić information content (AvgIpc) is 2.35. The molecule has 0 amide bonds. The summed E-state index contributed by atoms with van der Waals surface area (Å²) in [5.41, 5.74) is 0. The third-order valence-electron chi connectivity index (χ3n) is 4.01. The summed E-state index contributed by atoms with van der Waals surface area (Å²) in [4.78, 5) is 11.1. The van der Waals surface area contributed by atoms with Gasteiger partial charge in [0.05, 0.1) is 0 Å². The minimum absolute atomic E-state index is 0.335. The van der Waals surface area contributed by atoms with Gasteiger partial charge in [-0.25, -0.2) is 0 Å². The number of carbonyl (C=O) groups is 1. The molecule has 1 aliphatic carbocycles. The van der Waals surface area contributed by atoms with E-state index in [4.69, 9.17) is 5.11 Å². The molecule has 3 heteroatoms. The van der Waals surface area contributed by atoms with Gasteiger partial charge < -0.3 is 10.4 Å². The van der Waals surface area contributed by atoms with Gasteiger partial charge in [-0.1, -0.05) is 33.1 Å². The van der Waals surface area contributed by atoms with Gasteiger partial charge >= 0.3 is 5.97 Å². The molecule has 3 nitrogen and oxygen atoms in total. The van der Waals surface area contributed by atoms with Crippen molar-refractivity contribution < 1.29 is 9.90 Å². The Morgan fingerprint density at radius 1 is 1.29 bits per heavy atom. The van der Waals surface area contributed by atoms with Crippen molar-refractivity contribution in [3.05, 3.63) is 0 Å². The lowest BCUT2D eigenvalue weighted by molar-refractivity contribution is -0.140. The number of aliphatic carboxylic acids is 1. The number of hydrogen-bond acceptors (Lipinski definition) is 2. The second-order valence-corrected chi connectivity index (χ2v) is 5.33. The summed E-state index contributed by atoms with van der Waals surface area (Å²) in [7, 11) is 0. The SMILES string of the molecule is CCCCC(NC1CCC(CC)CC1)C(=O)O. The molecule has 0 aromatic heterocycles. The summed E-state index contributed by atoms with van der Waals surface area (Å²) < 4.78 is 0. The second-order valence-electron chi connectivity index (χ2n) is 5.33. The summed E-state index contributed by atoms with van der Waals surface area (Å²) >= 11 is 0. The zero-order valence-electron chi connectivity index (χ0n) is 11.2. The summed E-state index contributed by atoms with van der Waals surface area (Å²) in [6.45, 7) is 4.35. The molecule has 17 heavy (non-hydrogen) atoms. The Bertz CT molecular complexity index is 222. The zero-order chi connectivity index (χ0) is 12.7. The summed E-state index contributed by atoms with van der Waals surface area (Å²) in [5.74, 6) is 0.183. The number of nitrogens with one attached hydrogen (secondary N) is 1. The Morgan fingerprint density at radius 2 is 1.94 bits per heavy atom. The molecule has 0 saturated heterocycles. The van der Waals surface area contributed by atoms with Crippen molar-refractivity contribution in [2.45, 2.75) is 77.3 Å². The van der Waals surface area contributed by atoms with E-state index in [9.17, 15) is 4.79 Å². The van der Waals surface area contributed by atoms with Crippen LogP contribution < -0.4 is 5.32 Å². The third kappa shape index (κ3) is 5.07. The van der Waals surface area contributed by atoms with E-state index >= 15 is 0 Å². The first kappa shape index (κ1) is 14.5. The predicted octanol–water partition coefficient (Wildman–Crippen LogP) is 3.19. The van der Waals surface area contributed by atoms with E-state index in [1.54, 1.807) is 0 Å². The highest BCUT2D eigenvalue weighted by molar-refractivity contribution is 5.73. The molecule has 100 valence electrons. The molecule has 1 aliphatic rings. The van der Waals surface area contributed by atoms with E-state index in [0.29, 0.717) is 6.04 Å². The molecule has 1 unspecified atom stereocenters. The number of carboxylic acids is 1. The largest absolute Gasteiger partial charge is 0.480 e. The van der Waals surface area contributed by atoms with Gasteiger partial charge in [-0.15, -0.1) is 0 Å². The first-order chi connectivity index (χ1) is 8.17. The maximum absolute atomic E-state index is 11.1. The summed E-state index contributed by atoms with van der Waals surface area (Å²) in [6.07, 6.45) is 8.90. The van der Waals surface area contributed by atoms with Gasteiger partial charge in [0.2, 0.25) is 0 Å². The van der Waals surface area contributed by atoms with Gasteiger partial charge in [-0.05, 0) is 38.0 Å². The Hall–Kier alpha value is -0.570. The van der Waals surface area contributed by atoms with Gasteiger partial charge in [-0.3, -0.25) is 4.79 Å². The summed E-state index contributed by atoms with van der Waals surface area (Å²) in [5, 5.41) is 12.5.